The number of unbranched alkanes of at least 4 members (excludes halogenated alkanes) is 4. The van der Waals surface area contributed by atoms with Gasteiger partial charge in [0.05, 0.1) is 0 Å². The topological polar surface area (TPSA) is 17.1 Å². The molecule has 0 saturated heterocycles. The molecule has 0 spiro atoms. The summed E-state index contributed by atoms with van der Waals surface area (Å²) in [6, 6.07) is 0. The molecule has 0 N–H and O–H groups in total. The first-order chi connectivity index (χ1) is 6.85. The van der Waals surface area contributed by atoms with Crippen molar-refractivity contribution in [1.29, 1.82) is 0 Å². The lowest BCUT2D eigenvalue weighted by Gasteiger charge is -2.13. The van der Waals surface area contributed by atoms with Crippen LogP contribution in [0.5, 0.6) is 0 Å². The zero-order valence-electron chi connectivity index (χ0n) is 9.93. The summed E-state index contributed by atoms with van der Waals surface area (Å²) in [4.78, 5) is 10.5. The van der Waals surface area contributed by atoms with E-state index in [0.29, 0.717) is 5.92 Å². The monoisotopic (exact) mass is 198 g/mol. The lowest BCUT2D eigenvalue weighted by Crippen LogP contribution is -2.01. The Morgan fingerprint density at radius 3 is 1.79 bits per heavy atom. The maximum atomic E-state index is 10.5. The first-order valence-electron chi connectivity index (χ1n) is 6.28. The number of hydrogen-bond acceptors (Lipinski definition) is 1. The summed E-state index contributed by atoms with van der Waals surface area (Å²) in [5.74, 6) is 0.672. The minimum atomic E-state index is 0.672. The number of hydrogen-bond donors (Lipinski definition) is 0. The van der Waals surface area contributed by atoms with Crippen molar-refractivity contribution in [2.24, 2.45) is 5.92 Å². The highest BCUT2D eigenvalue weighted by Crippen LogP contribution is 2.19. The van der Waals surface area contributed by atoms with Crippen LogP contribution >= 0.6 is 0 Å². The van der Waals surface area contributed by atoms with Crippen LogP contribution in [-0.2, 0) is 4.79 Å². The highest BCUT2D eigenvalue weighted by Gasteiger charge is 2.06. The van der Waals surface area contributed by atoms with Gasteiger partial charge in [-0.05, 0) is 5.92 Å². The fourth-order valence-electron chi connectivity index (χ4n) is 1.88. The molecule has 0 heterocycles. The summed E-state index contributed by atoms with van der Waals surface area (Å²) in [6.07, 6.45) is 12.2. The molecule has 1 nitrogen and oxygen atoms in total. The third kappa shape index (κ3) is 8.28. The predicted molar refractivity (Wildman–Crippen MR) is 62.5 cm³/mol. The quantitative estimate of drug-likeness (QED) is 0.377. The Kier molecular flexibility index (Phi) is 10.5. The normalized spacial score (nSPS) is 10.8. The van der Waals surface area contributed by atoms with Crippen molar-refractivity contribution < 1.29 is 4.79 Å². The van der Waals surface area contributed by atoms with Gasteiger partial charge in [0.15, 0.2) is 0 Å². The van der Waals surface area contributed by atoms with Crippen molar-refractivity contribution in [3.8, 4) is 0 Å². The van der Waals surface area contributed by atoms with Crippen LogP contribution in [0, 0.1) is 5.92 Å². The molecule has 84 valence electrons. The largest absolute Gasteiger partial charge is 0.303 e. The van der Waals surface area contributed by atoms with Crippen molar-refractivity contribution in [3.05, 3.63) is 0 Å². The Labute approximate surface area is 89.3 Å². The first-order valence-corrected chi connectivity index (χ1v) is 6.28. The van der Waals surface area contributed by atoms with E-state index in [1.807, 2.05) is 0 Å². The van der Waals surface area contributed by atoms with Crippen LogP contribution in [-0.4, -0.2) is 6.29 Å². The summed E-state index contributed by atoms with van der Waals surface area (Å²) >= 11 is 0. The molecule has 0 radical (unpaired) electrons. The summed E-state index contributed by atoms with van der Waals surface area (Å²) in [5, 5.41) is 0. The van der Waals surface area contributed by atoms with E-state index in [2.05, 4.69) is 13.8 Å². The Morgan fingerprint density at radius 2 is 1.43 bits per heavy atom. The molecule has 0 amide bonds. The van der Waals surface area contributed by atoms with E-state index in [9.17, 15) is 4.79 Å². The van der Waals surface area contributed by atoms with Crippen molar-refractivity contribution in [3.63, 3.8) is 0 Å². The van der Waals surface area contributed by atoms with Gasteiger partial charge in [0, 0.05) is 6.42 Å². The zero-order valence-corrected chi connectivity index (χ0v) is 9.93. The van der Waals surface area contributed by atoms with Crippen molar-refractivity contribution in [2.45, 2.75) is 71.6 Å². The molecule has 0 fully saturated rings. The van der Waals surface area contributed by atoms with E-state index >= 15 is 0 Å². The first kappa shape index (κ1) is 13.7. The summed E-state index contributed by atoms with van der Waals surface area (Å²) in [5.41, 5.74) is 0. The van der Waals surface area contributed by atoms with E-state index in [1.54, 1.807) is 0 Å². The molecular weight excluding hydrogens is 172 g/mol. The van der Waals surface area contributed by atoms with Crippen molar-refractivity contribution in [2.75, 3.05) is 0 Å². The SMILES string of the molecule is CCCCCC(CC=O)CCCCC. The highest BCUT2D eigenvalue weighted by molar-refractivity contribution is 5.49. The molecule has 14 heavy (non-hydrogen) atoms. The van der Waals surface area contributed by atoms with E-state index in [1.165, 1.54) is 51.4 Å². The van der Waals surface area contributed by atoms with Gasteiger partial charge >= 0.3 is 0 Å². The molecule has 0 aromatic heterocycles. The molecule has 0 unspecified atom stereocenters. The van der Waals surface area contributed by atoms with Gasteiger partial charge in [0.25, 0.3) is 0 Å². The predicted octanol–water partition coefficient (Wildman–Crippen LogP) is 4.35. The molecule has 1 heteroatoms. The Bertz CT molecular complexity index is 110. The Morgan fingerprint density at radius 1 is 0.929 bits per heavy atom. The average Bonchev–Trinajstić information content (AvgIpc) is 2.18. The fraction of sp³-hybridized carbons (Fsp3) is 0.923. The molecule has 0 atom stereocenters. The van der Waals surface area contributed by atoms with E-state index in [4.69, 9.17) is 0 Å². The lowest BCUT2D eigenvalue weighted by molar-refractivity contribution is -0.108. The summed E-state index contributed by atoms with van der Waals surface area (Å²) in [6.45, 7) is 4.46. The smallest absolute Gasteiger partial charge is 0.120 e. The zero-order chi connectivity index (χ0) is 10.6. The third-order valence-electron chi connectivity index (χ3n) is 2.86. The van der Waals surface area contributed by atoms with Crippen LogP contribution in [0.25, 0.3) is 0 Å². The number of aldehydes is 1. The summed E-state index contributed by atoms with van der Waals surface area (Å²) in [7, 11) is 0. The van der Waals surface area contributed by atoms with Gasteiger partial charge in [-0.3, -0.25) is 0 Å². The lowest BCUT2D eigenvalue weighted by atomic mass is 9.93. The second kappa shape index (κ2) is 10.7. The van der Waals surface area contributed by atoms with Crippen LogP contribution in [0.2, 0.25) is 0 Å². The summed E-state index contributed by atoms with van der Waals surface area (Å²) < 4.78 is 0. The van der Waals surface area contributed by atoms with Gasteiger partial charge < -0.3 is 4.79 Å². The van der Waals surface area contributed by atoms with Gasteiger partial charge in [-0.1, -0.05) is 65.2 Å². The molecular formula is C13H26O. The molecule has 0 bridgehead atoms. The third-order valence-corrected chi connectivity index (χ3v) is 2.86. The minimum Gasteiger partial charge on any atom is -0.303 e. The second-order valence-electron chi connectivity index (χ2n) is 4.26. The molecule has 0 aliphatic rings. The van der Waals surface area contributed by atoms with E-state index < -0.39 is 0 Å². The van der Waals surface area contributed by atoms with Crippen molar-refractivity contribution >= 4 is 6.29 Å². The van der Waals surface area contributed by atoms with Crippen LogP contribution in [0.3, 0.4) is 0 Å². The van der Waals surface area contributed by atoms with Gasteiger partial charge in [-0.15, -0.1) is 0 Å². The van der Waals surface area contributed by atoms with Gasteiger partial charge in [-0.2, -0.15) is 0 Å². The fourth-order valence-corrected chi connectivity index (χ4v) is 1.88. The van der Waals surface area contributed by atoms with Crippen LogP contribution in [0.4, 0.5) is 0 Å². The Balaban J connectivity index is 3.49. The van der Waals surface area contributed by atoms with Gasteiger partial charge in [-0.25, -0.2) is 0 Å². The molecule has 0 saturated carbocycles. The van der Waals surface area contributed by atoms with Gasteiger partial charge in [0.1, 0.15) is 6.29 Å². The maximum absolute atomic E-state index is 10.5. The molecule has 0 rings (SSSR count). The van der Waals surface area contributed by atoms with Crippen LogP contribution in [0.15, 0.2) is 0 Å². The van der Waals surface area contributed by atoms with Crippen molar-refractivity contribution in [1.82, 2.24) is 0 Å². The standard InChI is InChI=1S/C13H26O/c1-3-5-7-9-13(11-12-14)10-8-6-4-2/h12-13H,3-11H2,1-2H3. The Hall–Kier alpha value is -0.330. The second-order valence-corrected chi connectivity index (χ2v) is 4.26. The van der Waals surface area contributed by atoms with E-state index in [0.717, 1.165) is 12.7 Å². The molecule has 0 aliphatic carbocycles. The average molecular weight is 198 g/mol. The minimum absolute atomic E-state index is 0.672. The highest BCUT2D eigenvalue weighted by atomic mass is 16.1. The van der Waals surface area contributed by atoms with Crippen LogP contribution < -0.4 is 0 Å². The number of carbonyl (C=O) groups excluding carboxylic acids is 1. The van der Waals surface area contributed by atoms with Gasteiger partial charge in [0.2, 0.25) is 0 Å². The van der Waals surface area contributed by atoms with E-state index in [-0.39, 0.29) is 0 Å². The molecule has 0 aromatic carbocycles. The van der Waals surface area contributed by atoms with Crippen LogP contribution in [0.1, 0.15) is 71.6 Å². The molecule has 0 aliphatic heterocycles. The molecule has 0 aromatic rings. The maximum Gasteiger partial charge on any atom is 0.120 e. The number of rotatable bonds is 10. The number of carbonyl (C=O) groups is 1.